The third kappa shape index (κ3) is 7.33. The minimum absolute atomic E-state index is 0.397. The maximum atomic E-state index is 11.4. The third-order valence-electron chi connectivity index (χ3n) is 0.708. The van der Waals surface area contributed by atoms with Crippen LogP contribution in [0.1, 0.15) is 13.3 Å². The van der Waals surface area contributed by atoms with Gasteiger partial charge in [0.05, 0.1) is 19.3 Å². The van der Waals surface area contributed by atoms with Crippen LogP contribution >= 0.6 is 0 Å². The maximum absolute atomic E-state index is 11.4. The summed E-state index contributed by atoms with van der Waals surface area (Å²) in [6.45, 7) is 2.10. The van der Waals surface area contributed by atoms with Crippen molar-refractivity contribution in [1.29, 1.82) is 0 Å². The molecule has 10 heavy (non-hydrogen) atoms. The number of hydrogen-bond acceptors (Lipinski definition) is 1. The van der Waals surface area contributed by atoms with Crippen LogP contribution in [0.25, 0.3) is 0 Å². The number of allylic oxidation sites excluding steroid dienone is 1. The van der Waals surface area contributed by atoms with Crippen molar-refractivity contribution in [1.82, 2.24) is 0 Å². The molecular formula is C6H9F3O. The van der Waals surface area contributed by atoms with Crippen molar-refractivity contribution in [3.05, 3.63) is 12.3 Å². The Morgan fingerprint density at radius 2 is 2.00 bits per heavy atom. The molecule has 0 aromatic carbocycles. The fourth-order valence-corrected chi connectivity index (χ4v) is 0.346. The molecule has 0 atom stereocenters. The molecule has 0 amide bonds. The zero-order valence-electron chi connectivity index (χ0n) is 5.61. The first-order valence-corrected chi connectivity index (χ1v) is 2.89. The van der Waals surface area contributed by atoms with E-state index in [-0.39, 0.29) is 0 Å². The topological polar surface area (TPSA) is 9.23 Å². The first kappa shape index (κ1) is 9.33. The van der Waals surface area contributed by atoms with Gasteiger partial charge in [0.2, 0.25) is 0 Å². The van der Waals surface area contributed by atoms with Crippen LogP contribution in [0, 0.1) is 0 Å². The molecule has 1 nitrogen and oxygen atoms in total. The van der Waals surface area contributed by atoms with Crippen molar-refractivity contribution in [2.24, 2.45) is 0 Å². The normalized spacial score (nSPS) is 12.4. The Labute approximate surface area is 57.5 Å². The molecule has 0 bridgehead atoms. The molecule has 0 N–H and O–H groups in total. The second kappa shape index (κ2) is 4.19. The van der Waals surface area contributed by atoms with Gasteiger partial charge in [0.1, 0.15) is 0 Å². The van der Waals surface area contributed by atoms with Crippen LogP contribution in [-0.2, 0) is 4.74 Å². The third-order valence-corrected chi connectivity index (χ3v) is 0.708. The van der Waals surface area contributed by atoms with Gasteiger partial charge in [0, 0.05) is 0 Å². The van der Waals surface area contributed by atoms with E-state index in [0.717, 1.165) is 12.3 Å². The summed E-state index contributed by atoms with van der Waals surface area (Å²) in [5.41, 5.74) is 0. The molecule has 0 spiro atoms. The van der Waals surface area contributed by atoms with E-state index in [1.54, 1.807) is 6.92 Å². The zero-order valence-corrected chi connectivity index (χ0v) is 5.61. The van der Waals surface area contributed by atoms with Crippen molar-refractivity contribution in [3.8, 4) is 0 Å². The van der Waals surface area contributed by atoms with Crippen molar-refractivity contribution < 1.29 is 17.9 Å². The molecule has 0 rings (SSSR count). The van der Waals surface area contributed by atoms with Gasteiger partial charge >= 0.3 is 6.18 Å². The van der Waals surface area contributed by atoms with Gasteiger partial charge in [-0.1, -0.05) is 0 Å². The van der Waals surface area contributed by atoms with Crippen LogP contribution in [-0.4, -0.2) is 12.8 Å². The highest BCUT2D eigenvalue weighted by Crippen LogP contribution is 2.19. The van der Waals surface area contributed by atoms with Crippen LogP contribution in [0.2, 0.25) is 0 Å². The molecule has 0 radical (unpaired) electrons. The molecule has 0 aromatic rings. The lowest BCUT2D eigenvalue weighted by Crippen LogP contribution is -2.04. The Kier molecular flexibility index (Phi) is 3.91. The summed E-state index contributed by atoms with van der Waals surface area (Å²) in [5.74, 6) is 0. The van der Waals surface area contributed by atoms with E-state index in [9.17, 15) is 13.2 Å². The number of halogens is 3. The fraction of sp³-hybridized carbons (Fsp3) is 0.667. The average molecular weight is 154 g/mol. The number of alkyl halides is 3. The summed E-state index contributed by atoms with van der Waals surface area (Å²) in [4.78, 5) is 0. The first-order valence-electron chi connectivity index (χ1n) is 2.89. The van der Waals surface area contributed by atoms with Gasteiger partial charge in [-0.3, -0.25) is 0 Å². The molecule has 0 heterocycles. The molecule has 0 fully saturated rings. The lowest BCUT2D eigenvalue weighted by molar-refractivity contribution is -0.125. The van der Waals surface area contributed by atoms with Crippen molar-refractivity contribution in [2.45, 2.75) is 19.5 Å². The number of rotatable bonds is 3. The van der Waals surface area contributed by atoms with Crippen molar-refractivity contribution >= 4 is 0 Å². The Morgan fingerprint density at radius 1 is 1.40 bits per heavy atom. The van der Waals surface area contributed by atoms with E-state index in [0.29, 0.717) is 6.61 Å². The summed E-state index contributed by atoms with van der Waals surface area (Å²) in [7, 11) is 0. The highest BCUT2D eigenvalue weighted by atomic mass is 19.4. The van der Waals surface area contributed by atoms with E-state index >= 15 is 0 Å². The van der Waals surface area contributed by atoms with E-state index in [1.165, 1.54) is 0 Å². The average Bonchev–Trinajstić information content (AvgIpc) is 1.78. The van der Waals surface area contributed by atoms with Gasteiger partial charge in [0.25, 0.3) is 0 Å². The van der Waals surface area contributed by atoms with E-state index in [4.69, 9.17) is 0 Å². The van der Waals surface area contributed by atoms with Crippen LogP contribution in [0.4, 0.5) is 13.2 Å². The molecule has 0 saturated heterocycles. The SMILES string of the molecule is CCOC=CCC(F)(F)F. The Morgan fingerprint density at radius 3 is 2.40 bits per heavy atom. The highest BCUT2D eigenvalue weighted by molar-refractivity contribution is 4.76. The summed E-state index contributed by atoms with van der Waals surface area (Å²) >= 11 is 0. The molecule has 0 aliphatic rings. The highest BCUT2D eigenvalue weighted by Gasteiger charge is 2.24. The fourth-order valence-electron chi connectivity index (χ4n) is 0.346. The molecule has 0 aromatic heterocycles. The van der Waals surface area contributed by atoms with E-state index in [2.05, 4.69) is 4.74 Å². The maximum Gasteiger partial charge on any atom is 0.392 e. The lowest BCUT2D eigenvalue weighted by atomic mass is 10.4. The predicted molar refractivity (Wildman–Crippen MR) is 31.4 cm³/mol. The van der Waals surface area contributed by atoms with Crippen LogP contribution in [0.5, 0.6) is 0 Å². The van der Waals surface area contributed by atoms with Crippen LogP contribution in [0.3, 0.4) is 0 Å². The molecule has 0 aliphatic carbocycles. The lowest BCUT2D eigenvalue weighted by Gasteiger charge is -1.99. The quantitative estimate of drug-likeness (QED) is 0.567. The zero-order chi connectivity index (χ0) is 8.04. The monoisotopic (exact) mass is 154 g/mol. The van der Waals surface area contributed by atoms with Crippen LogP contribution in [0.15, 0.2) is 12.3 Å². The van der Waals surface area contributed by atoms with Gasteiger partial charge in [-0.25, -0.2) is 0 Å². The number of hydrogen-bond donors (Lipinski definition) is 0. The Bertz CT molecular complexity index is 106. The molecule has 0 unspecified atom stereocenters. The molecule has 60 valence electrons. The van der Waals surface area contributed by atoms with Gasteiger partial charge in [0.15, 0.2) is 0 Å². The molecule has 0 saturated carbocycles. The smallest absolute Gasteiger partial charge is 0.392 e. The molecule has 4 heteroatoms. The largest absolute Gasteiger partial charge is 0.502 e. The number of ether oxygens (including phenoxy) is 1. The molecule has 0 aliphatic heterocycles. The first-order chi connectivity index (χ1) is 4.56. The summed E-state index contributed by atoms with van der Waals surface area (Å²) in [6.07, 6.45) is -3.03. The van der Waals surface area contributed by atoms with E-state index in [1.807, 2.05) is 0 Å². The van der Waals surface area contributed by atoms with Gasteiger partial charge in [-0.15, -0.1) is 0 Å². The summed E-state index contributed by atoms with van der Waals surface area (Å²) in [6, 6.07) is 0. The molecular weight excluding hydrogens is 145 g/mol. The van der Waals surface area contributed by atoms with Crippen molar-refractivity contribution in [2.75, 3.05) is 6.61 Å². The second-order valence-corrected chi connectivity index (χ2v) is 1.65. The summed E-state index contributed by atoms with van der Waals surface area (Å²) < 4.78 is 38.7. The summed E-state index contributed by atoms with van der Waals surface area (Å²) in [5, 5.41) is 0. The minimum Gasteiger partial charge on any atom is -0.502 e. The van der Waals surface area contributed by atoms with Gasteiger partial charge in [-0.2, -0.15) is 13.2 Å². The second-order valence-electron chi connectivity index (χ2n) is 1.65. The van der Waals surface area contributed by atoms with Gasteiger partial charge < -0.3 is 4.74 Å². The minimum atomic E-state index is -4.12. The van der Waals surface area contributed by atoms with E-state index < -0.39 is 12.6 Å². The Hall–Kier alpha value is -0.670. The van der Waals surface area contributed by atoms with Crippen molar-refractivity contribution in [3.63, 3.8) is 0 Å². The van der Waals surface area contributed by atoms with Gasteiger partial charge in [-0.05, 0) is 13.0 Å². The standard InChI is InChI=1S/C6H9F3O/c1-2-10-5-3-4-6(7,8)9/h3,5H,2,4H2,1H3. The predicted octanol–water partition coefficient (Wildman–Crippen LogP) is 2.49. The van der Waals surface area contributed by atoms with Crippen LogP contribution < -0.4 is 0 Å². The Balaban J connectivity index is 3.34.